The predicted molar refractivity (Wildman–Crippen MR) is 107 cm³/mol. The van der Waals surface area contributed by atoms with Gasteiger partial charge in [0, 0.05) is 11.5 Å². The minimum atomic E-state index is -0.561. The van der Waals surface area contributed by atoms with Gasteiger partial charge in [-0.05, 0) is 31.7 Å². The van der Waals surface area contributed by atoms with E-state index in [1.54, 1.807) is 0 Å². The smallest absolute Gasteiger partial charge is 0.249 e. The summed E-state index contributed by atoms with van der Waals surface area (Å²) in [6, 6.07) is 7.44. The number of rotatable bonds is 7. The number of carbonyl (C=O) groups is 2. The first-order valence-electron chi connectivity index (χ1n) is 9.49. The van der Waals surface area contributed by atoms with Crippen LogP contribution in [0.1, 0.15) is 45.1 Å². The molecule has 0 radical (unpaired) electrons. The van der Waals surface area contributed by atoms with E-state index in [1.807, 2.05) is 45.0 Å². The summed E-state index contributed by atoms with van der Waals surface area (Å²) in [4.78, 5) is 25.1. The minimum Gasteiger partial charge on any atom is -0.344 e. The zero-order chi connectivity index (χ0) is 19.4. The average Bonchev–Trinajstić information content (AvgIpc) is 3.06. The number of nitrogens with zero attached hydrogens (tertiary/aromatic N) is 2. The maximum absolute atomic E-state index is 12.8. The summed E-state index contributed by atoms with van der Waals surface area (Å²) in [5.74, 6) is -0.152. The number of aryl methyl sites for hydroxylation is 1. The number of nitrogens with one attached hydrogen (secondary N) is 2. The van der Waals surface area contributed by atoms with Crippen molar-refractivity contribution in [3.63, 3.8) is 0 Å². The molecule has 2 N–H and O–H groups in total. The molecule has 27 heavy (non-hydrogen) atoms. The number of hydrogen-bond acceptors (Lipinski definition) is 5. The van der Waals surface area contributed by atoms with E-state index in [4.69, 9.17) is 0 Å². The molecule has 0 spiro atoms. The summed E-state index contributed by atoms with van der Waals surface area (Å²) < 4.78 is 0. The fourth-order valence-electron chi connectivity index (χ4n) is 3.00. The molecule has 1 aliphatic carbocycles. The third kappa shape index (κ3) is 4.71. The highest BCUT2D eigenvalue weighted by atomic mass is 32.1. The van der Waals surface area contributed by atoms with E-state index in [9.17, 15) is 9.59 Å². The molecule has 0 aliphatic heterocycles. The second-order valence-corrected chi connectivity index (χ2v) is 8.25. The summed E-state index contributed by atoms with van der Waals surface area (Å²) in [5.41, 5.74) is 2.12. The van der Waals surface area contributed by atoms with Crippen molar-refractivity contribution < 1.29 is 9.59 Å². The van der Waals surface area contributed by atoms with E-state index >= 15 is 0 Å². The molecule has 1 aliphatic rings. The monoisotopic (exact) mass is 386 g/mol. The lowest BCUT2D eigenvalue weighted by Gasteiger charge is -2.29. The van der Waals surface area contributed by atoms with E-state index in [0.29, 0.717) is 5.13 Å². The number of hydrogen-bond donors (Lipinski definition) is 2. The Morgan fingerprint density at radius 2 is 2.07 bits per heavy atom. The van der Waals surface area contributed by atoms with E-state index < -0.39 is 6.04 Å². The fourth-order valence-corrected chi connectivity index (χ4v) is 3.74. The minimum absolute atomic E-state index is 0.0144. The molecule has 1 saturated carbocycles. The van der Waals surface area contributed by atoms with Crippen molar-refractivity contribution >= 4 is 28.3 Å². The third-order valence-electron chi connectivity index (χ3n) is 5.19. The molecule has 0 saturated heterocycles. The van der Waals surface area contributed by atoms with Crippen LogP contribution in [0.25, 0.3) is 10.6 Å². The normalized spacial score (nSPS) is 16.3. The van der Waals surface area contributed by atoms with Crippen LogP contribution in [0.2, 0.25) is 0 Å². The molecule has 2 aromatic rings. The molecule has 2 atom stereocenters. The molecule has 0 bridgehead atoms. The number of anilines is 1. The highest BCUT2D eigenvalue weighted by Crippen LogP contribution is 2.28. The van der Waals surface area contributed by atoms with Gasteiger partial charge in [0.05, 0.1) is 0 Å². The van der Waals surface area contributed by atoms with Gasteiger partial charge in [-0.25, -0.2) is 0 Å². The second-order valence-electron chi connectivity index (χ2n) is 7.27. The topological polar surface area (TPSA) is 84.0 Å². The Balaban J connectivity index is 1.68. The summed E-state index contributed by atoms with van der Waals surface area (Å²) in [5, 5.41) is 15.3. The average molecular weight is 387 g/mol. The molecule has 144 valence electrons. The molecule has 6 nitrogen and oxygen atoms in total. The Labute approximate surface area is 163 Å². The first-order chi connectivity index (χ1) is 13.0. The number of benzene rings is 1. The maximum atomic E-state index is 12.8. The molecule has 2 unspecified atom stereocenters. The third-order valence-corrected chi connectivity index (χ3v) is 6.08. The van der Waals surface area contributed by atoms with Crippen LogP contribution in [0.3, 0.4) is 0 Å². The Morgan fingerprint density at radius 3 is 2.70 bits per heavy atom. The largest absolute Gasteiger partial charge is 0.344 e. The summed E-state index contributed by atoms with van der Waals surface area (Å²) in [7, 11) is 0. The van der Waals surface area contributed by atoms with Crippen molar-refractivity contribution in [3.05, 3.63) is 29.8 Å². The van der Waals surface area contributed by atoms with Gasteiger partial charge in [-0.15, -0.1) is 10.2 Å². The zero-order valence-corrected chi connectivity index (χ0v) is 16.8. The molecule has 1 aromatic carbocycles. The maximum Gasteiger partial charge on any atom is 0.249 e. The number of amides is 2. The number of aromatic nitrogens is 2. The van der Waals surface area contributed by atoms with Crippen LogP contribution >= 0.6 is 11.3 Å². The summed E-state index contributed by atoms with van der Waals surface area (Å²) in [6.07, 6.45) is 3.71. The van der Waals surface area contributed by atoms with Crippen LogP contribution in [-0.4, -0.2) is 28.1 Å². The lowest BCUT2D eigenvalue weighted by Crippen LogP contribution is -2.50. The van der Waals surface area contributed by atoms with Crippen LogP contribution < -0.4 is 10.6 Å². The summed E-state index contributed by atoms with van der Waals surface area (Å²) >= 11 is 1.33. The lowest BCUT2D eigenvalue weighted by atomic mass is 9.84. The zero-order valence-electron chi connectivity index (χ0n) is 16.0. The molecule has 2 amide bonds. The Morgan fingerprint density at radius 1 is 1.30 bits per heavy atom. The van der Waals surface area contributed by atoms with Crippen molar-refractivity contribution in [1.82, 2.24) is 15.5 Å². The SMILES string of the molecule is CCC(C)C(NC(=O)C1CCC1)C(=O)Nc1nnc(-c2cccc(C)c2)s1. The van der Waals surface area contributed by atoms with Gasteiger partial charge in [0.25, 0.3) is 0 Å². The van der Waals surface area contributed by atoms with Crippen LogP contribution in [0.5, 0.6) is 0 Å². The van der Waals surface area contributed by atoms with Crippen molar-refractivity contribution in [1.29, 1.82) is 0 Å². The van der Waals surface area contributed by atoms with Gasteiger partial charge in [-0.3, -0.25) is 14.9 Å². The van der Waals surface area contributed by atoms with Gasteiger partial charge in [-0.1, -0.05) is 61.8 Å². The molecular weight excluding hydrogens is 360 g/mol. The van der Waals surface area contributed by atoms with Crippen LogP contribution in [0.15, 0.2) is 24.3 Å². The molecule has 1 aromatic heterocycles. The molecule has 3 rings (SSSR count). The standard InChI is InChI=1S/C20H26N4O2S/c1-4-13(3)16(21-17(25)14-8-6-9-14)18(26)22-20-24-23-19(27-20)15-10-5-7-12(2)11-15/h5,7,10-11,13-14,16H,4,6,8-9H2,1-3H3,(H,21,25)(H,22,24,26). The Hall–Kier alpha value is -2.28. The van der Waals surface area contributed by atoms with Gasteiger partial charge in [0.1, 0.15) is 11.0 Å². The van der Waals surface area contributed by atoms with E-state index in [0.717, 1.165) is 41.8 Å². The van der Waals surface area contributed by atoms with Crippen LogP contribution in [0, 0.1) is 18.8 Å². The predicted octanol–water partition coefficient (Wildman–Crippen LogP) is 3.78. The quantitative estimate of drug-likeness (QED) is 0.758. The fraction of sp³-hybridized carbons (Fsp3) is 0.500. The molecule has 1 fully saturated rings. The van der Waals surface area contributed by atoms with Gasteiger partial charge < -0.3 is 5.32 Å². The highest BCUT2D eigenvalue weighted by Gasteiger charge is 2.32. The molecular formula is C20H26N4O2S. The van der Waals surface area contributed by atoms with Crippen molar-refractivity contribution in [3.8, 4) is 10.6 Å². The second kappa shape index (κ2) is 8.61. The first kappa shape index (κ1) is 19.5. The van der Waals surface area contributed by atoms with E-state index in [2.05, 4.69) is 20.8 Å². The van der Waals surface area contributed by atoms with E-state index in [-0.39, 0.29) is 23.7 Å². The van der Waals surface area contributed by atoms with E-state index in [1.165, 1.54) is 11.3 Å². The molecule has 1 heterocycles. The van der Waals surface area contributed by atoms with Crippen molar-refractivity contribution in [2.45, 2.75) is 52.5 Å². The van der Waals surface area contributed by atoms with Gasteiger partial charge in [0.15, 0.2) is 0 Å². The van der Waals surface area contributed by atoms with Gasteiger partial charge in [-0.2, -0.15) is 0 Å². The van der Waals surface area contributed by atoms with Crippen LogP contribution in [0.4, 0.5) is 5.13 Å². The summed E-state index contributed by atoms with van der Waals surface area (Å²) in [6.45, 7) is 6.01. The highest BCUT2D eigenvalue weighted by molar-refractivity contribution is 7.18. The first-order valence-corrected chi connectivity index (χ1v) is 10.3. The number of carbonyl (C=O) groups excluding carboxylic acids is 2. The van der Waals surface area contributed by atoms with Crippen LogP contribution in [-0.2, 0) is 9.59 Å². The van der Waals surface area contributed by atoms with Crippen molar-refractivity contribution in [2.24, 2.45) is 11.8 Å². The lowest BCUT2D eigenvalue weighted by molar-refractivity contribution is -0.132. The van der Waals surface area contributed by atoms with Gasteiger partial charge in [0.2, 0.25) is 16.9 Å². The van der Waals surface area contributed by atoms with Gasteiger partial charge >= 0.3 is 0 Å². The van der Waals surface area contributed by atoms with Crippen molar-refractivity contribution in [2.75, 3.05) is 5.32 Å². The molecule has 7 heteroatoms. The Bertz CT molecular complexity index is 816. The Kier molecular flexibility index (Phi) is 6.21.